The summed E-state index contributed by atoms with van der Waals surface area (Å²) in [5.74, 6) is 0.417. The predicted molar refractivity (Wildman–Crippen MR) is 121 cm³/mol. The normalized spacial score (nSPS) is 26.9. The van der Waals surface area contributed by atoms with Crippen molar-refractivity contribution in [3.63, 3.8) is 0 Å². The summed E-state index contributed by atoms with van der Waals surface area (Å²) >= 11 is 5.33. The number of hydrogen-bond acceptors (Lipinski definition) is 3. The van der Waals surface area contributed by atoms with E-state index in [-0.39, 0.29) is 23.8 Å². The number of unbranched alkanes of at least 4 members (excludes halogenated alkanes) is 4. The fourth-order valence-electron chi connectivity index (χ4n) is 4.12. The Morgan fingerprint density at radius 3 is 2.74 bits per heavy atom. The first-order valence-electron chi connectivity index (χ1n) is 10.5. The van der Waals surface area contributed by atoms with Gasteiger partial charge in [0.2, 0.25) is 0 Å². The first-order valence-corrected chi connectivity index (χ1v) is 12.1. The first kappa shape index (κ1) is 23.2. The zero-order valence-corrected chi connectivity index (χ0v) is 19.1. The van der Waals surface area contributed by atoms with E-state index in [2.05, 4.69) is 41.9 Å². The summed E-state index contributed by atoms with van der Waals surface area (Å²) in [6.45, 7) is 4.33. The van der Waals surface area contributed by atoms with Crippen LogP contribution >= 0.6 is 27.3 Å². The van der Waals surface area contributed by atoms with Crippen LogP contribution in [0.3, 0.4) is 0 Å². The van der Waals surface area contributed by atoms with Crippen LogP contribution in [-0.2, 0) is 6.42 Å². The van der Waals surface area contributed by atoms with Crippen molar-refractivity contribution in [3.05, 3.63) is 32.4 Å². The number of allylic oxidation sites excluding steroid dienone is 1. The van der Waals surface area contributed by atoms with Crippen molar-refractivity contribution in [2.45, 2.75) is 89.7 Å². The van der Waals surface area contributed by atoms with Crippen LogP contribution in [0.1, 0.15) is 68.0 Å². The molecule has 1 heterocycles. The second kappa shape index (κ2) is 11.8. The quantitative estimate of drug-likeness (QED) is 0.246. The molecule has 1 aromatic rings. The fourth-order valence-corrected chi connectivity index (χ4v) is 5.74. The maximum atomic E-state index is 10.4. The van der Waals surface area contributed by atoms with E-state index in [0.717, 1.165) is 30.2 Å². The highest BCUT2D eigenvalue weighted by molar-refractivity contribution is 9.10. The smallest absolute Gasteiger partial charge is 0.0724 e. The van der Waals surface area contributed by atoms with Gasteiger partial charge in [-0.15, -0.1) is 11.3 Å². The molecule has 0 amide bonds. The average molecular weight is 453 g/mol. The summed E-state index contributed by atoms with van der Waals surface area (Å²) in [4.78, 5) is 2.58. The minimum atomic E-state index is -0.457. The molecule has 0 aromatic carbocycles. The van der Waals surface area contributed by atoms with Crippen molar-refractivity contribution in [2.24, 2.45) is 11.8 Å². The van der Waals surface area contributed by atoms with Gasteiger partial charge in [0.15, 0.2) is 0 Å². The highest BCUT2D eigenvalue weighted by atomic mass is 79.9. The monoisotopic (exact) mass is 452 g/mol. The summed E-state index contributed by atoms with van der Waals surface area (Å²) in [5.41, 5.74) is 0. The van der Waals surface area contributed by atoms with E-state index in [1.54, 1.807) is 11.3 Å². The minimum absolute atomic E-state index is 0.00000672. The lowest BCUT2D eigenvalue weighted by Gasteiger charge is -2.22. The number of aliphatic hydroxyl groups is 2. The molecule has 2 nitrogen and oxygen atoms in total. The van der Waals surface area contributed by atoms with Crippen molar-refractivity contribution >= 4 is 35.1 Å². The second-order valence-corrected chi connectivity index (χ2v) is 10.2. The number of hydrogen-bond donors (Lipinski definition) is 2. The third kappa shape index (κ3) is 7.34. The van der Waals surface area contributed by atoms with Crippen molar-refractivity contribution in [2.75, 3.05) is 0 Å². The highest BCUT2D eigenvalue weighted by Crippen LogP contribution is 2.43. The van der Waals surface area contributed by atoms with E-state index in [0.29, 0.717) is 6.42 Å². The molecule has 0 spiro atoms. The molecule has 5 heteroatoms. The van der Waals surface area contributed by atoms with Crippen LogP contribution in [0, 0.1) is 18.8 Å². The zero-order chi connectivity index (χ0) is 19.8. The van der Waals surface area contributed by atoms with Gasteiger partial charge >= 0.3 is 0 Å². The van der Waals surface area contributed by atoms with Crippen molar-refractivity contribution in [1.82, 2.24) is 0 Å². The molecule has 0 saturated heterocycles. The van der Waals surface area contributed by atoms with Crippen LogP contribution in [0.25, 0.3) is 0 Å². The number of aliphatic hydroxyl groups excluding tert-OH is 2. The Bertz CT molecular complexity index is 569. The van der Waals surface area contributed by atoms with E-state index in [1.165, 1.54) is 35.4 Å². The lowest BCUT2D eigenvalue weighted by atomic mass is 9.75. The van der Waals surface area contributed by atoms with E-state index in [9.17, 15) is 10.2 Å². The molecule has 27 heavy (non-hydrogen) atoms. The molecule has 1 fully saturated rings. The van der Waals surface area contributed by atoms with Gasteiger partial charge in [-0.3, -0.25) is 0 Å². The summed E-state index contributed by atoms with van der Waals surface area (Å²) in [5, 5.41) is 20.8. The molecule has 2 N–H and O–H groups in total. The maximum absolute atomic E-state index is 10.4. The summed E-state index contributed by atoms with van der Waals surface area (Å²) in [6.07, 6.45) is 12.8. The lowest BCUT2D eigenvalue weighted by molar-refractivity contribution is 0.116. The largest absolute Gasteiger partial charge is 0.393 e. The van der Waals surface area contributed by atoms with Crippen LogP contribution in [0.2, 0.25) is 5.82 Å². The van der Waals surface area contributed by atoms with Gasteiger partial charge in [0, 0.05) is 14.2 Å². The first-order chi connectivity index (χ1) is 12.9. The van der Waals surface area contributed by atoms with Gasteiger partial charge in [0.1, 0.15) is 0 Å². The van der Waals surface area contributed by atoms with E-state index >= 15 is 0 Å². The second-order valence-electron chi connectivity index (χ2n) is 8.02. The van der Waals surface area contributed by atoms with Crippen LogP contribution in [0.15, 0.2) is 22.7 Å². The van der Waals surface area contributed by atoms with E-state index in [4.69, 9.17) is 7.85 Å². The molecular weight excluding hydrogens is 419 g/mol. The van der Waals surface area contributed by atoms with Gasteiger partial charge in [-0.1, -0.05) is 57.0 Å². The Morgan fingerprint density at radius 1 is 1.33 bits per heavy atom. The molecule has 1 unspecified atom stereocenters. The molecule has 1 saturated carbocycles. The van der Waals surface area contributed by atoms with Gasteiger partial charge in [0.25, 0.3) is 0 Å². The lowest BCUT2D eigenvalue weighted by Crippen LogP contribution is -2.19. The van der Waals surface area contributed by atoms with Crippen molar-refractivity contribution < 1.29 is 10.2 Å². The van der Waals surface area contributed by atoms with Crippen molar-refractivity contribution in [1.29, 1.82) is 0 Å². The molecule has 150 valence electrons. The molecular formula is C22H34BBrO2S. The molecule has 2 radical (unpaired) electrons. The Labute approximate surface area is 179 Å². The van der Waals surface area contributed by atoms with Crippen molar-refractivity contribution in [3.8, 4) is 0 Å². The van der Waals surface area contributed by atoms with Gasteiger partial charge in [-0.2, -0.15) is 0 Å². The van der Waals surface area contributed by atoms with Gasteiger partial charge in [-0.25, -0.2) is 0 Å². The Hall–Kier alpha value is -0.0951. The zero-order valence-electron chi connectivity index (χ0n) is 16.7. The standard InChI is InChI=1S/C22H34BBrO2S/c1-3-4-5-6-7-8-19-18(20(23)14-22(19)26)12-10-16(25)9-11-17-13-21(24)15(2)27-17/h10,12-13,16,18-20,22,25-26H,3-9,11,14H2,1-2H3/b12-10+/t16-,18+,19+,20+,22?/m0/s1. The fraction of sp³-hybridized carbons (Fsp3) is 0.727. The Balaban J connectivity index is 1.82. The third-order valence-corrected chi connectivity index (χ3v) is 7.98. The summed E-state index contributed by atoms with van der Waals surface area (Å²) in [6, 6.07) is 2.15. The molecule has 0 bridgehead atoms. The number of rotatable bonds is 11. The highest BCUT2D eigenvalue weighted by Gasteiger charge is 2.37. The number of halogens is 1. The predicted octanol–water partition coefficient (Wildman–Crippen LogP) is 5.98. The molecule has 2 rings (SSSR count). The van der Waals surface area contributed by atoms with Crippen LogP contribution in [-0.4, -0.2) is 30.3 Å². The molecule has 1 aromatic heterocycles. The van der Waals surface area contributed by atoms with Crippen LogP contribution in [0.5, 0.6) is 0 Å². The molecule has 0 aliphatic heterocycles. The molecule has 1 aliphatic carbocycles. The maximum Gasteiger partial charge on any atom is 0.0724 e. The van der Waals surface area contributed by atoms with Crippen LogP contribution < -0.4 is 0 Å². The number of aryl methyl sites for hydroxylation is 2. The summed E-state index contributed by atoms with van der Waals surface area (Å²) in [7, 11) is 6.29. The van der Waals surface area contributed by atoms with Gasteiger partial charge in [0.05, 0.1) is 20.1 Å². The van der Waals surface area contributed by atoms with Gasteiger partial charge in [-0.05, 0) is 66.4 Å². The van der Waals surface area contributed by atoms with E-state index in [1.807, 2.05) is 6.08 Å². The summed E-state index contributed by atoms with van der Waals surface area (Å²) < 4.78 is 1.15. The van der Waals surface area contributed by atoms with Gasteiger partial charge < -0.3 is 10.2 Å². The average Bonchev–Trinajstić information content (AvgIpc) is 3.09. The Morgan fingerprint density at radius 2 is 2.07 bits per heavy atom. The number of thiophene rings is 1. The Kier molecular flexibility index (Phi) is 10.1. The SMILES string of the molecule is [B][C@@H]1CC(O)[C@H](CCCCCCC)[C@H]1/C=C/[C@@H](O)CCc1cc(Br)c(C)s1. The topological polar surface area (TPSA) is 40.5 Å². The molecule has 5 atom stereocenters. The van der Waals surface area contributed by atoms with E-state index < -0.39 is 6.10 Å². The minimum Gasteiger partial charge on any atom is -0.393 e. The van der Waals surface area contributed by atoms with Crippen LogP contribution in [0.4, 0.5) is 0 Å². The third-order valence-electron chi connectivity index (χ3n) is 5.79. The molecule has 1 aliphatic rings.